The van der Waals surface area contributed by atoms with E-state index in [0.717, 1.165) is 5.56 Å². The molecule has 0 spiro atoms. The van der Waals surface area contributed by atoms with Gasteiger partial charge in [-0.25, -0.2) is 0 Å². The highest BCUT2D eigenvalue weighted by molar-refractivity contribution is 7.12. The number of allylic oxidation sites excluding steroid dienone is 3. The van der Waals surface area contributed by atoms with Gasteiger partial charge in [0.2, 0.25) is 5.78 Å². The summed E-state index contributed by atoms with van der Waals surface area (Å²) in [5.41, 5.74) is 1.18. The van der Waals surface area contributed by atoms with E-state index in [2.05, 4.69) is 0 Å². The van der Waals surface area contributed by atoms with Crippen LogP contribution in [0.3, 0.4) is 0 Å². The van der Waals surface area contributed by atoms with Gasteiger partial charge in [0.1, 0.15) is 11.6 Å². The van der Waals surface area contributed by atoms with Gasteiger partial charge in [-0.3, -0.25) is 4.79 Å². The van der Waals surface area contributed by atoms with Crippen LogP contribution in [0.5, 0.6) is 0 Å². The van der Waals surface area contributed by atoms with E-state index < -0.39 is 0 Å². The van der Waals surface area contributed by atoms with Crippen LogP contribution in [0.2, 0.25) is 0 Å². The van der Waals surface area contributed by atoms with E-state index in [1.54, 1.807) is 24.3 Å². The summed E-state index contributed by atoms with van der Waals surface area (Å²) in [6.45, 7) is 0. The second kappa shape index (κ2) is 6.48. The second-order valence-corrected chi connectivity index (χ2v) is 4.72. The largest absolute Gasteiger partial charge is 0.287 e. The minimum atomic E-state index is -0.227. The van der Waals surface area contributed by atoms with Crippen molar-refractivity contribution < 1.29 is 4.79 Å². The highest BCUT2D eigenvalue weighted by Crippen LogP contribution is 2.14. The molecule has 0 N–H and O–H groups in total. The number of hydrogen-bond acceptors (Lipinski definition) is 3. The van der Waals surface area contributed by atoms with Crippen LogP contribution in [0, 0.1) is 11.3 Å². The quantitative estimate of drug-likeness (QED) is 0.361. The van der Waals surface area contributed by atoms with Gasteiger partial charge >= 0.3 is 0 Å². The third-order valence-corrected chi connectivity index (χ3v) is 3.33. The number of benzene rings is 1. The maximum absolute atomic E-state index is 12.0. The molecule has 0 amide bonds. The SMILES string of the molecule is N#C/C(=C\C=C\c1ccccc1)C(=O)c1cccs1. The van der Waals surface area contributed by atoms with E-state index in [1.165, 1.54) is 11.3 Å². The number of carbonyl (C=O) groups excluding carboxylic acids is 1. The normalized spacial score (nSPS) is 11.4. The molecular formula is C16H11NOS. The maximum Gasteiger partial charge on any atom is 0.213 e. The Kier molecular flexibility index (Phi) is 4.44. The summed E-state index contributed by atoms with van der Waals surface area (Å²) in [6.07, 6.45) is 5.13. The summed E-state index contributed by atoms with van der Waals surface area (Å²) in [5.74, 6) is -0.227. The van der Waals surface area contributed by atoms with Crippen LogP contribution in [0.15, 0.2) is 65.6 Å². The summed E-state index contributed by atoms with van der Waals surface area (Å²) in [7, 11) is 0. The average molecular weight is 265 g/mol. The third kappa shape index (κ3) is 3.51. The Morgan fingerprint density at radius 3 is 2.58 bits per heavy atom. The molecule has 0 radical (unpaired) electrons. The Bertz CT molecular complexity index is 646. The van der Waals surface area contributed by atoms with Crippen LogP contribution in [0.4, 0.5) is 0 Å². The maximum atomic E-state index is 12.0. The number of nitrogens with zero attached hydrogens (tertiary/aromatic N) is 1. The van der Waals surface area contributed by atoms with Gasteiger partial charge < -0.3 is 0 Å². The predicted molar refractivity (Wildman–Crippen MR) is 77.8 cm³/mol. The minimum absolute atomic E-state index is 0.148. The molecule has 0 fully saturated rings. The first kappa shape index (κ1) is 13.0. The molecular weight excluding hydrogens is 254 g/mol. The van der Waals surface area contributed by atoms with Crippen LogP contribution in [0.25, 0.3) is 6.08 Å². The second-order valence-electron chi connectivity index (χ2n) is 3.77. The molecule has 0 aliphatic rings. The summed E-state index contributed by atoms with van der Waals surface area (Å²) < 4.78 is 0. The first-order valence-electron chi connectivity index (χ1n) is 5.73. The fourth-order valence-electron chi connectivity index (χ4n) is 1.52. The van der Waals surface area contributed by atoms with Crippen LogP contribution in [-0.2, 0) is 0 Å². The molecule has 0 saturated carbocycles. The molecule has 0 saturated heterocycles. The zero-order valence-electron chi connectivity index (χ0n) is 10.1. The van der Waals surface area contributed by atoms with Gasteiger partial charge in [0.25, 0.3) is 0 Å². The van der Waals surface area contributed by atoms with Crippen LogP contribution < -0.4 is 0 Å². The molecule has 92 valence electrons. The molecule has 0 aliphatic carbocycles. The van der Waals surface area contributed by atoms with E-state index in [-0.39, 0.29) is 11.4 Å². The fraction of sp³-hybridized carbons (Fsp3) is 0. The van der Waals surface area contributed by atoms with E-state index in [9.17, 15) is 4.79 Å². The van der Waals surface area contributed by atoms with Crippen molar-refractivity contribution in [3.05, 3.63) is 76.0 Å². The van der Waals surface area contributed by atoms with Crippen LogP contribution >= 0.6 is 11.3 Å². The molecule has 3 heteroatoms. The van der Waals surface area contributed by atoms with Crippen molar-refractivity contribution in [3.8, 4) is 6.07 Å². The van der Waals surface area contributed by atoms with Gasteiger partial charge in [0, 0.05) is 0 Å². The molecule has 0 bridgehead atoms. The lowest BCUT2D eigenvalue weighted by atomic mass is 10.1. The molecule has 1 aromatic carbocycles. The number of thiophene rings is 1. The number of nitriles is 1. The monoisotopic (exact) mass is 265 g/mol. The fourth-order valence-corrected chi connectivity index (χ4v) is 2.20. The first-order chi connectivity index (χ1) is 9.31. The number of ketones is 1. The number of hydrogen-bond donors (Lipinski definition) is 0. The lowest BCUT2D eigenvalue weighted by molar-refractivity contribution is 0.104. The Labute approximate surface area is 115 Å². The van der Waals surface area contributed by atoms with Gasteiger partial charge in [-0.1, -0.05) is 48.6 Å². The average Bonchev–Trinajstić information content (AvgIpc) is 2.98. The van der Waals surface area contributed by atoms with Gasteiger partial charge in [0.15, 0.2) is 0 Å². The third-order valence-electron chi connectivity index (χ3n) is 2.46. The smallest absolute Gasteiger partial charge is 0.213 e. The van der Waals surface area contributed by atoms with E-state index in [1.807, 2.05) is 47.9 Å². The topological polar surface area (TPSA) is 40.9 Å². The zero-order valence-corrected chi connectivity index (χ0v) is 10.9. The molecule has 0 atom stereocenters. The molecule has 0 aliphatic heterocycles. The Hall–Kier alpha value is -2.44. The van der Waals surface area contributed by atoms with Crippen molar-refractivity contribution in [3.63, 3.8) is 0 Å². The van der Waals surface area contributed by atoms with Gasteiger partial charge in [-0.2, -0.15) is 5.26 Å². The van der Waals surface area contributed by atoms with E-state index >= 15 is 0 Å². The van der Waals surface area contributed by atoms with Crippen molar-refractivity contribution in [2.24, 2.45) is 0 Å². The number of Topliss-reactive ketones (excluding diaryl/α,β-unsaturated/α-hetero) is 1. The zero-order chi connectivity index (χ0) is 13.5. The van der Waals surface area contributed by atoms with Gasteiger partial charge in [-0.15, -0.1) is 11.3 Å². The van der Waals surface area contributed by atoms with E-state index in [0.29, 0.717) is 4.88 Å². The summed E-state index contributed by atoms with van der Waals surface area (Å²) in [4.78, 5) is 12.5. The molecule has 1 heterocycles. The lowest BCUT2D eigenvalue weighted by Gasteiger charge is -1.93. The molecule has 0 unspecified atom stereocenters. The Morgan fingerprint density at radius 2 is 1.95 bits per heavy atom. The van der Waals surface area contributed by atoms with Gasteiger partial charge in [-0.05, 0) is 23.1 Å². The van der Waals surface area contributed by atoms with Crippen molar-refractivity contribution in [2.45, 2.75) is 0 Å². The van der Waals surface area contributed by atoms with Crippen molar-refractivity contribution in [1.29, 1.82) is 5.26 Å². The first-order valence-corrected chi connectivity index (χ1v) is 6.61. The Morgan fingerprint density at radius 1 is 1.16 bits per heavy atom. The predicted octanol–water partition coefficient (Wildman–Crippen LogP) is 4.09. The minimum Gasteiger partial charge on any atom is -0.287 e. The number of rotatable bonds is 4. The molecule has 2 nitrogen and oxygen atoms in total. The summed E-state index contributed by atoms with van der Waals surface area (Å²) in [5, 5.41) is 10.8. The van der Waals surface area contributed by atoms with Crippen LogP contribution in [-0.4, -0.2) is 5.78 Å². The summed E-state index contributed by atoms with van der Waals surface area (Å²) >= 11 is 1.34. The van der Waals surface area contributed by atoms with Gasteiger partial charge in [0.05, 0.1) is 4.88 Å². The van der Waals surface area contributed by atoms with Crippen molar-refractivity contribution >= 4 is 23.2 Å². The standard InChI is InChI=1S/C16H11NOS/c17-12-14(16(18)15-10-5-11-19-15)9-4-8-13-6-2-1-3-7-13/h1-11H/b8-4+,14-9+. The number of carbonyl (C=O) groups is 1. The molecule has 19 heavy (non-hydrogen) atoms. The van der Waals surface area contributed by atoms with E-state index in [4.69, 9.17) is 5.26 Å². The lowest BCUT2D eigenvalue weighted by Crippen LogP contribution is -1.98. The highest BCUT2D eigenvalue weighted by Gasteiger charge is 2.11. The van der Waals surface area contributed by atoms with Crippen LogP contribution in [0.1, 0.15) is 15.2 Å². The molecule has 1 aromatic heterocycles. The highest BCUT2D eigenvalue weighted by atomic mass is 32.1. The Balaban J connectivity index is 2.15. The van der Waals surface area contributed by atoms with Crippen molar-refractivity contribution in [1.82, 2.24) is 0 Å². The van der Waals surface area contributed by atoms with Crippen molar-refractivity contribution in [2.75, 3.05) is 0 Å². The molecule has 2 rings (SSSR count). The summed E-state index contributed by atoms with van der Waals surface area (Å²) in [6, 6.07) is 15.2. The molecule has 2 aromatic rings.